The van der Waals surface area contributed by atoms with Crippen LogP contribution >= 0.6 is 0 Å². The SMILES string of the molecule is Fc1ccc(-c2cccc(C(F)(F)F)c2)nc1C(F)(F)F. The Morgan fingerprint density at radius 2 is 1.48 bits per heavy atom. The van der Waals surface area contributed by atoms with Gasteiger partial charge in [0.15, 0.2) is 11.5 Å². The Balaban J connectivity index is 2.53. The topological polar surface area (TPSA) is 12.9 Å². The van der Waals surface area contributed by atoms with E-state index in [-0.39, 0.29) is 5.56 Å². The van der Waals surface area contributed by atoms with Gasteiger partial charge >= 0.3 is 12.4 Å². The van der Waals surface area contributed by atoms with Gasteiger partial charge in [-0.25, -0.2) is 9.37 Å². The molecule has 8 heteroatoms. The lowest BCUT2D eigenvalue weighted by molar-refractivity contribution is -0.143. The first-order chi connectivity index (χ1) is 9.59. The van der Waals surface area contributed by atoms with Gasteiger partial charge < -0.3 is 0 Å². The molecule has 2 aromatic rings. The Labute approximate surface area is 114 Å². The van der Waals surface area contributed by atoms with Crippen LogP contribution in [0, 0.1) is 5.82 Å². The second-order valence-electron chi connectivity index (χ2n) is 4.10. The lowest BCUT2D eigenvalue weighted by Gasteiger charge is -2.11. The summed E-state index contributed by atoms with van der Waals surface area (Å²) in [4.78, 5) is 3.07. The van der Waals surface area contributed by atoms with Crippen molar-refractivity contribution >= 4 is 0 Å². The standard InChI is InChI=1S/C13H6F7N/c14-9-4-5-10(21-11(9)13(18,19)20)7-2-1-3-8(6-7)12(15,16)17/h1-6H. The number of benzene rings is 1. The maximum absolute atomic E-state index is 13.1. The minimum atomic E-state index is -5.03. The van der Waals surface area contributed by atoms with Crippen molar-refractivity contribution in [2.24, 2.45) is 0 Å². The molecule has 2 rings (SSSR count). The van der Waals surface area contributed by atoms with Gasteiger partial charge in [0, 0.05) is 5.56 Å². The molecular formula is C13H6F7N. The van der Waals surface area contributed by atoms with Gasteiger partial charge in [0.05, 0.1) is 11.3 Å². The molecule has 0 aliphatic rings. The molecule has 1 aromatic heterocycles. The van der Waals surface area contributed by atoms with Gasteiger partial charge in [-0.15, -0.1) is 0 Å². The molecule has 0 spiro atoms. The summed E-state index contributed by atoms with van der Waals surface area (Å²) < 4.78 is 88.3. The molecule has 0 unspecified atom stereocenters. The molecule has 0 saturated carbocycles. The normalized spacial score (nSPS) is 12.5. The summed E-state index contributed by atoms with van der Waals surface area (Å²) in [6, 6.07) is 5.04. The van der Waals surface area contributed by atoms with Crippen molar-refractivity contribution in [2.45, 2.75) is 12.4 Å². The van der Waals surface area contributed by atoms with E-state index in [1.165, 1.54) is 0 Å². The van der Waals surface area contributed by atoms with Gasteiger partial charge in [0.2, 0.25) is 0 Å². The van der Waals surface area contributed by atoms with Gasteiger partial charge in [-0.1, -0.05) is 12.1 Å². The van der Waals surface area contributed by atoms with E-state index in [2.05, 4.69) is 4.98 Å². The van der Waals surface area contributed by atoms with Crippen molar-refractivity contribution in [1.82, 2.24) is 4.98 Å². The first kappa shape index (κ1) is 15.3. The third kappa shape index (κ3) is 3.32. The average Bonchev–Trinajstić information content (AvgIpc) is 2.37. The van der Waals surface area contributed by atoms with Gasteiger partial charge in [-0.05, 0) is 24.3 Å². The van der Waals surface area contributed by atoms with Crippen molar-refractivity contribution < 1.29 is 30.7 Å². The van der Waals surface area contributed by atoms with Crippen molar-refractivity contribution in [1.29, 1.82) is 0 Å². The lowest BCUT2D eigenvalue weighted by atomic mass is 10.1. The molecule has 0 N–H and O–H groups in total. The lowest BCUT2D eigenvalue weighted by Crippen LogP contribution is -2.11. The Kier molecular flexibility index (Phi) is 3.65. The van der Waals surface area contributed by atoms with Gasteiger partial charge in [-0.3, -0.25) is 0 Å². The average molecular weight is 309 g/mol. The Bertz CT molecular complexity index is 658. The zero-order valence-corrected chi connectivity index (χ0v) is 10.1. The highest BCUT2D eigenvalue weighted by atomic mass is 19.4. The fourth-order valence-electron chi connectivity index (χ4n) is 1.66. The highest BCUT2D eigenvalue weighted by Gasteiger charge is 2.36. The molecule has 21 heavy (non-hydrogen) atoms. The van der Waals surface area contributed by atoms with Crippen LogP contribution < -0.4 is 0 Å². The van der Waals surface area contributed by atoms with Crippen molar-refractivity contribution in [3.05, 3.63) is 53.5 Å². The predicted octanol–water partition coefficient (Wildman–Crippen LogP) is 4.93. The number of aromatic nitrogens is 1. The number of alkyl halides is 6. The molecule has 112 valence electrons. The summed E-state index contributed by atoms with van der Waals surface area (Å²) in [7, 11) is 0. The van der Waals surface area contributed by atoms with E-state index in [0.29, 0.717) is 12.1 Å². The summed E-state index contributed by atoms with van der Waals surface area (Å²) in [5.74, 6) is -1.58. The molecule has 1 heterocycles. The number of pyridine rings is 1. The Hall–Kier alpha value is -2.12. The largest absolute Gasteiger partial charge is 0.436 e. The van der Waals surface area contributed by atoms with E-state index >= 15 is 0 Å². The Morgan fingerprint density at radius 3 is 2.05 bits per heavy atom. The maximum Gasteiger partial charge on any atom is 0.436 e. The monoisotopic (exact) mass is 309 g/mol. The molecule has 0 aliphatic carbocycles. The molecule has 0 aliphatic heterocycles. The third-order valence-electron chi connectivity index (χ3n) is 2.60. The van der Waals surface area contributed by atoms with Crippen LogP contribution in [0.4, 0.5) is 30.7 Å². The van der Waals surface area contributed by atoms with Crippen molar-refractivity contribution in [2.75, 3.05) is 0 Å². The minimum Gasteiger partial charge on any atom is -0.240 e. The molecule has 1 aromatic carbocycles. The van der Waals surface area contributed by atoms with Crippen LogP contribution in [-0.2, 0) is 12.4 Å². The molecule has 1 nitrogen and oxygen atoms in total. The van der Waals surface area contributed by atoms with Crippen molar-refractivity contribution in [3.8, 4) is 11.3 Å². The molecule has 0 amide bonds. The number of rotatable bonds is 1. The van der Waals surface area contributed by atoms with Crippen LogP contribution in [0.1, 0.15) is 11.3 Å². The van der Waals surface area contributed by atoms with Crippen LogP contribution in [0.3, 0.4) is 0 Å². The van der Waals surface area contributed by atoms with Crippen LogP contribution in [0.5, 0.6) is 0 Å². The van der Waals surface area contributed by atoms with E-state index in [0.717, 1.165) is 24.3 Å². The third-order valence-corrected chi connectivity index (χ3v) is 2.60. The highest BCUT2D eigenvalue weighted by Crippen LogP contribution is 2.34. The molecule has 0 saturated heterocycles. The summed E-state index contributed by atoms with van der Waals surface area (Å²) in [6.07, 6.45) is -9.66. The number of hydrogen-bond acceptors (Lipinski definition) is 1. The van der Waals surface area contributed by atoms with E-state index < -0.39 is 35.1 Å². The van der Waals surface area contributed by atoms with Crippen LogP contribution in [0.2, 0.25) is 0 Å². The Morgan fingerprint density at radius 1 is 0.810 bits per heavy atom. The van der Waals surface area contributed by atoms with Gasteiger partial charge in [-0.2, -0.15) is 26.3 Å². The number of halogens is 7. The summed E-state index contributed by atoms with van der Waals surface area (Å²) in [6.45, 7) is 0. The molecule has 0 fully saturated rings. The smallest absolute Gasteiger partial charge is 0.240 e. The molecule has 0 bridgehead atoms. The highest BCUT2D eigenvalue weighted by molar-refractivity contribution is 5.60. The van der Waals surface area contributed by atoms with Crippen molar-refractivity contribution in [3.63, 3.8) is 0 Å². The van der Waals surface area contributed by atoms with Crippen LogP contribution in [0.25, 0.3) is 11.3 Å². The van der Waals surface area contributed by atoms with Gasteiger partial charge in [0.1, 0.15) is 0 Å². The van der Waals surface area contributed by atoms with Crippen LogP contribution in [0.15, 0.2) is 36.4 Å². The van der Waals surface area contributed by atoms with Crippen LogP contribution in [-0.4, -0.2) is 4.98 Å². The second-order valence-corrected chi connectivity index (χ2v) is 4.10. The first-order valence-electron chi connectivity index (χ1n) is 5.50. The van der Waals surface area contributed by atoms with Gasteiger partial charge in [0.25, 0.3) is 0 Å². The predicted molar refractivity (Wildman–Crippen MR) is 59.6 cm³/mol. The quantitative estimate of drug-likeness (QED) is 0.681. The summed E-state index contributed by atoms with van der Waals surface area (Å²) in [5, 5.41) is 0. The fourth-order valence-corrected chi connectivity index (χ4v) is 1.66. The first-order valence-corrected chi connectivity index (χ1v) is 5.50. The van der Waals surface area contributed by atoms with E-state index in [9.17, 15) is 30.7 Å². The fraction of sp³-hybridized carbons (Fsp3) is 0.154. The number of hydrogen-bond donors (Lipinski definition) is 0. The zero-order chi connectivity index (χ0) is 15.8. The minimum absolute atomic E-state index is 0.185. The second kappa shape index (κ2) is 5.01. The molecular weight excluding hydrogens is 303 g/mol. The summed E-state index contributed by atoms with van der Waals surface area (Å²) in [5.41, 5.74) is -3.37. The van der Waals surface area contributed by atoms with E-state index in [1.54, 1.807) is 0 Å². The zero-order valence-electron chi connectivity index (χ0n) is 10.1. The molecule has 0 radical (unpaired) electrons. The number of nitrogens with zero attached hydrogens (tertiary/aromatic N) is 1. The molecule has 0 atom stereocenters. The summed E-state index contributed by atoms with van der Waals surface area (Å²) >= 11 is 0. The van der Waals surface area contributed by atoms with E-state index in [4.69, 9.17) is 0 Å². The maximum atomic E-state index is 13.1. The van der Waals surface area contributed by atoms with E-state index in [1.807, 2.05) is 0 Å².